The second kappa shape index (κ2) is 5.24. The number of amides is 1. The third kappa shape index (κ3) is 2.58. The zero-order chi connectivity index (χ0) is 16.0. The molecule has 0 aromatic carbocycles. The maximum atomic E-state index is 12.6. The maximum Gasteiger partial charge on any atom is 0.410 e. The minimum absolute atomic E-state index is 0.0616. The van der Waals surface area contributed by atoms with E-state index in [2.05, 4.69) is 4.98 Å². The molecule has 1 aromatic heterocycles. The summed E-state index contributed by atoms with van der Waals surface area (Å²) in [6.07, 6.45) is 4.49. The number of sulfonamides is 1. The second-order valence-electron chi connectivity index (χ2n) is 6.04. The van der Waals surface area contributed by atoms with E-state index in [9.17, 15) is 13.2 Å². The average molecular weight is 328 g/mol. The highest BCUT2D eigenvalue weighted by Gasteiger charge is 2.45. The number of carbonyl (C=O) groups is 1. The summed E-state index contributed by atoms with van der Waals surface area (Å²) >= 11 is 0. The van der Waals surface area contributed by atoms with E-state index >= 15 is 0 Å². The standard InChI is InChI=1S/C13H20N4O4S/c1-15-8-11(14-10-15)22(19,20)17-6-3-4-13(5-7-17)9-16(2)12(18)21-13/h8,10H,3-7,9H2,1-2H3/t13-/m0/s1. The average Bonchev–Trinajstić information content (AvgIpc) is 2.91. The van der Waals surface area contributed by atoms with E-state index in [1.165, 1.54) is 16.8 Å². The zero-order valence-electron chi connectivity index (χ0n) is 12.7. The van der Waals surface area contributed by atoms with Crippen LogP contribution >= 0.6 is 0 Å². The fourth-order valence-electron chi connectivity index (χ4n) is 3.09. The van der Waals surface area contributed by atoms with Crippen LogP contribution in [0, 0.1) is 0 Å². The highest BCUT2D eigenvalue weighted by atomic mass is 32.2. The number of ether oxygens (including phenoxy) is 1. The molecule has 2 aliphatic rings. The predicted octanol–water partition coefficient (Wildman–Crippen LogP) is 0.415. The van der Waals surface area contributed by atoms with Crippen LogP contribution in [0.4, 0.5) is 4.79 Å². The molecule has 3 rings (SSSR count). The summed E-state index contributed by atoms with van der Waals surface area (Å²) in [6, 6.07) is 0. The van der Waals surface area contributed by atoms with E-state index in [1.54, 1.807) is 23.6 Å². The van der Waals surface area contributed by atoms with Crippen molar-refractivity contribution >= 4 is 16.1 Å². The zero-order valence-corrected chi connectivity index (χ0v) is 13.5. The molecule has 1 aromatic rings. The summed E-state index contributed by atoms with van der Waals surface area (Å²) in [5.74, 6) is 0. The largest absolute Gasteiger partial charge is 0.441 e. The SMILES string of the molecule is CN1C[C@@]2(CCCN(S(=O)(=O)c3cn(C)cn3)CC2)OC1=O. The van der Waals surface area contributed by atoms with Crippen molar-refractivity contribution in [3.63, 3.8) is 0 Å². The summed E-state index contributed by atoms with van der Waals surface area (Å²) in [7, 11) is -0.158. The van der Waals surface area contributed by atoms with Crippen LogP contribution in [-0.2, 0) is 21.8 Å². The highest BCUT2D eigenvalue weighted by Crippen LogP contribution is 2.33. The van der Waals surface area contributed by atoms with Gasteiger partial charge in [0.15, 0.2) is 5.03 Å². The fraction of sp³-hybridized carbons (Fsp3) is 0.692. The summed E-state index contributed by atoms with van der Waals surface area (Å²) in [6.45, 7) is 1.27. The van der Waals surface area contributed by atoms with E-state index in [4.69, 9.17) is 4.74 Å². The quantitative estimate of drug-likeness (QED) is 0.785. The Morgan fingerprint density at radius 2 is 2.05 bits per heavy atom. The van der Waals surface area contributed by atoms with E-state index in [1.807, 2.05) is 0 Å². The molecule has 0 unspecified atom stereocenters. The number of imidazole rings is 1. The molecule has 0 saturated carbocycles. The van der Waals surface area contributed by atoms with Crippen molar-refractivity contribution in [3.8, 4) is 0 Å². The molecular weight excluding hydrogens is 308 g/mol. The lowest BCUT2D eigenvalue weighted by Gasteiger charge is -2.25. The van der Waals surface area contributed by atoms with Gasteiger partial charge in [-0.3, -0.25) is 0 Å². The van der Waals surface area contributed by atoms with Gasteiger partial charge in [0.1, 0.15) is 5.60 Å². The Balaban J connectivity index is 1.77. The molecule has 2 aliphatic heterocycles. The predicted molar refractivity (Wildman–Crippen MR) is 77.7 cm³/mol. The molecule has 2 fully saturated rings. The first kappa shape index (κ1) is 15.3. The Bertz CT molecular complexity index is 686. The number of hydrogen-bond donors (Lipinski definition) is 0. The van der Waals surface area contributed by atoms with Gasteiger partial charge in [0.25, 0.3) is 10.0 Å². The lowest BCUT2D eigenvalue weighted by atomic mass is 9.95. The van der Waals surface area contributed by atoms with Crippen LogP contribution in [0.3, 0.4) is 0 Å². The third-order valence-corrected chi connectivity index (χ3v) is 6.07. The van der Waals surface area contributed by atoms with E-state index in [-0.39, 0.29) is 11.1 Å². The van der Waals surface area contributed by atoms with Gasteiger partial charge < -0.3 is 14.2 Å². The molecule has 122 valence electrons. The highest BCUT2D eigenvalue weighted by molar-refractivity contribution is 7.89. The minimum Gasteiger partial charge on any atom is -0.441 e. The van der Waals surface area contributed by atoms with Gasteiger partial charge in [-0.1, -0.05) is 0 Å². The minimum atomic E-state index is -3.59. The second-order valence-corrected chi connectivity index (χ2v) is 7.93. The van der Waals surface area contributed by atoms with Crippen molar-refractivity contribution in [1.29, 1.82) is 0 Å². The molecule has 3 heterocycles. The summed E-state index contributed by atoms with van der Waals surface area (Å²) in [5, 5.41) is 0.0616. The number of aryl methyl sites for hydroxylation is 1. The molecular formula is C13H20N4O4S. The normalized spacial score (nSPS) is 27.2. The van der Waals surface area contributed by atoms with E-state index < -0.39 is 15.6 Å². The van der Waals surface area contributed by atoms with Crippen LogP contribution in [0.25, 0.3) is 0 Å². The number of aromatic nitrogens is 2. The van der Waals surface area contributed by atoms with Crippen molar-refractivity contribution < 1.29 is 17.9 Å². The van der Waals surface area contributed by atoms with Gasteiger partial charge in [-0.25, -0.2) is 18.2 Å². The molecule has 2 saturated heterocycles. The lowest BCUT2D eigenvalue weighted by molar-refractivity contribution is 0.0460. The Morgan fingerprint density at radius 3 is 2.64 bits per heavy atom. The van der Waals surface area contributed by atoms with Crippen molar-refractivity contribution in [2.75, 3.05) is 26.7 Å². The van der Waals surface area contributed by atoms with Gasteiger partial charge in [0.05, 0.1) is 12.9 Å². The third-order valence-electron chi connectivity index (χ3n) is 4.28. The van der Waals surface area contributed by atoms with Crippen LogP contribution in [0.5, 0.6) is 0 Å². The maximum absolute atomic E-state index is 12.6. The van der Waals surface area contributed by atoms with Crippen LogP contribution in [-0.4, -0.2) is 65.6 Å². The molecule has 1 amide bonds. The van der Waals surface area contributed by atoms with Gasteiger partial charge in [-0.2, -0.15) is 4.31 Å². The summed E-state index contributed by atoms with van der Waals surface area (Å²) in [4.78, 5) is 17.1. The van der Waals surface area contributed by atoms with E-state index in [0.717, 1.165) is 0 Å². The summed E-state index contributed by atoms with van der Waals surface area (Å²) < 4.78 is 33.8. The van der Waals surface area contributed by atoms with Crippen molar-refractivity contribution in [1.82, 2.24) is 18.8 Å². The van der Waals surface area contributed by atoms with Gasteiger partial charge in [0.2, 0.25) is 0 Å². The van der Waals surface area contributed by atoms with Crippen LogP contribution in [0.2, 0.25) is 0 Å². The van der Waals surface area contributed by atoms with Crippen LogP contribution in [0.15, 0.2) is 17.6 Å². The number of carbonyl (C=O) groups excluding carboxylic acids is 1. The molecule has 0 aliphatic carbocycles. The molecule has 8 nitrogen and oxygen atoms in total. The Morgan fingerprint density at radius 1 is 1.27 bits per heavy atom. The number of rotatable bonds is 2. The first-order chi connectivity index (χ1) is 10.3. The molecule has 1 atom stereocenters. The van der Waals surface area contributed by atoms with E-state index in [0.29, 0.717) is 38.9 Å². The number of likely N-dealkylation sites (N-methyl/N-ethyl adjacent to an activating group) is 1. The Kier molecular flexibility index (Phi) is 3.64. The Labute approximate surface area is 129 Å². The first-order valence-electron chi connectivity index (χ1n) is 7.25. The Hall–Kier alpha value is -1.61. The molecule has 0 radical (unpaired) electrons. The van der Waals surface area contributed by atoms with Gasteiger partial charge in [0, 0.05) is 39.8 Å². The molecule has 0 N–H and O–H groups in total. The monoisotopic (exact) mass is 328 g/mol. The van der Waals surface area contributed by atoms with Gasteiger partial charge in [-0.15, -0.1) is 0 Å². The fourth-order valence-corrected chi connectivity index (χ4v) is 4.54. The van der Waals surface area contributed by atoms with Crippen LogP contribution < -0.4 is 0 Å². The summed E-state index contributed by atoms with van der Waals surface area (Å²) in [5.41, 5.74) is -0.555. The smallest absolute Gasteiger partial charge is 0.410 e. The van der Waals surface area contributed by atoms with Gasteiger partial charge >= 0.3 is 6.09 Å². The molecule has 9 heteroatoms. The van der Waals surface area contributed by atoms with Crippen molar-refractivity contribution in [3.05, 3.63) is 12.5 Å². The molecule has 22 heavy (non-hydrogen) atoms. The lowest BCUT2D eigenvalue weighted by Crippen LogP contribution is -2.36. The van der Waals surface area contributed by atoms with Crippen LogP contribution in [0.1, 0.15) is 19.3 Å². The van der Waals surface area contributed by atoms with Gasteiger partial charge in [-0.05, 0) is 12.8 Å². The first-order valence-corrected chi connectivity index (χ1v) is 8.69. The van der Waals surface area contributed by atoms with Crippen molar-refractivity contribution in [2.45, 2.75) is 29.9 Å². The topological polar surface area (TPSA) is 84.7 Å². The molecule has 1 spiro atoms. The van der Waals surface area contributed by atoms with Crippen molar-refractivity contribution in [2.24, 2.45) is 7.05 Å². The number of hydrogen-bond acceptors (Lipinski definition) is 5. The molecule has 0 bridgehead atoms. The number of nitrogens with zero attached hydrogens (tertiary/aromatic N) is 4.